The van der Waals surface area contributed by atoms with Crippen molar-refractivity contribution in [2.45, 2.75) is 0 Å². The summed E-state index contributed by atoms with van der Waals surface area (Å²) in [6.07, 6.45) is 0. The van der Waals surface area contributed by atoms with Crippen LogP contribution in [0, 0.1) is 23.4 Å². The fraction of sp³-hybridized carbons (Fsp3) is 0. The van der Waals surface area contributed by atoms with Crippen molar-refractivity contribution >= 4 is 23.2 Å². The van der Waals surface area contributed by atoms with Crippen molar-refractivity contribution in [1.29, 1.82) is 0 Å². The molecular weight excluding hydrogens is 350 g/mol. The predicted molar refractivity (Wildman–Crippen MR) is 74.7 cm³/mol. The molecule has 1 atom stereocenters. The summed E-state index contributed by atoms with van der Waals surface area (Å²) in [6, 6.07) is 8.43. The van der Waals surface area contributed by atoms with Gasteiger partial charge in [-0.25, -0.2) is 0 Å². The predicted octanol–water partition coefficient (Wildman–Crippen LogP) is 6.78. The largest absolute Gasteiger partial charge is 0.424 e. The smallest absolute Gasteiger partial charge is 0.168 e. The third-order valence-electron chi connectivity index (χ3n) is 1.91. The molecule has 0 aromatic heterocycles. The van der Waals surface area contributed by atoms with Crippen LogP contribution in [-0.2, 0) is 0 Å². The van der Waals surface area contributed by atoms with Crippen LogP contribution in [0.3, 0.4) is 0 Å². The molecule has 110 valence electrons. The highest BCUT2D eigenvalue weighted by Gasteiger charge is 2.38. The Kier molecular flexibility index (Phi) is 4.45. The first-order valence-electron chi connectivity index (χ1n) is 5.18. The molecule has 21 heavy (non-hydrogen) atoms. The highest BCUT2D eigenvalue weighted by Crippen LogP contribution is 2.81. The summed E-state index contributed by atoms with van der Waals surface area (Å²) in [6.45, 7) is 0. The molecule has 1 aliphatic rings. The Labute approximate surface area is 117 Å². The van der Waals surface area contributed by atoms with E-state index in [1.165, 1.54) is 0 Å². The quantitative estimate of drug-likeness (QED) is 0.279. The van der Waals surface area contributed by atoms with Crippen molar-refractivity contribution < 1.29 is 21.0 Å². The summed E-state index contributed by atoms with van der Waals surface area (Å²) < 4.78 is 72.2. The minimum atomic E-state index is -5.71. The number of benzene rings is 1. The Hall–Kier alpha value is -1.32. The van der Waals surface area contributed by atoms with E-state index in [4.69, 9.17) is 0 Å². The standard InChI is InChI=1S/C10H5F5N3P3/c11-19(16-20(12,13)18-21(14,15)17-19)9-5-4-8-10-6-2-1-3-7-10/h1-3,6-7H. The van der Waals surface area contributed by atoms with Crippen molar-refractivity contribution in [1.82, 2.24) is 0 Å². The second-order valence-electron chi connectivity index (χ2n) is 3.56. The van der Waals surface area contributed by atoms with Gasteiger partial charge in [0.2, 0.25) is 0 Å². The minimum Gasteiger partial charge on any atom is -0.168 e. The minimum absolute atomic E-state index is 0.557. The second kappa shape index (κ2) is 5.82. The molecule has 0 bridgehead atoms. The van der Waals surface area contributed by atoms with E-state index in [0.29, 0.717) is 5.56 Å². The Bertz CT molecular complexity index is 837. The molecule has 1 heterocycles. The molecular formula is C10H5F5N3P3. The molecule has 0 saturated heterocycles. The van der Waals surface area contributed by atoms with E-state index in [1.54, 1.807) is 36.0 Å². The highest BCUT2D eigenvalue weighted by atomic mass is 31.3. The van der Waals surface area contributed by atoms with Gasteiger partial charge in [0.05, 0.1) is 0 Å². The van der Waals surface area contributed by atoms with Crippen LogP contribution in [0.4, 0.5) is 21.0 Å². The summed E-state index contributed by atoms with van der Waals surface area (Å²) in [5.74, 6) is 6.62. The van der Waals surface area contributed by atoms with Crippen LogP contribution in [0.15, 0.2) is 43.9 Å². The number of hydrogen-bond donors (Lipinski definition) is 0. The number of hydrogen-bond acceptors (Lipinski definition) is 3. The van der Waals surface area contributed by atoms with E-state index < -0.39 is 23.2 Å². The zero-order valence-electron chi connectivity index (χ0n) is 9.96. The van der Waals surface area contributed by atoms with Gasteiger partial charge >= 0.3 is 23.2 Å². The molecule has 1 unspecified atom stereocenters. The van der Waals surface area contributed by atoms with Crippen molar-refractivity contribution in [3.8, 4) is 23.4 Å². The highest BCUT2D eigenvalue weighted by molar-refractivity contribution is 7.81. The van der Waals surface area contributed by atoms with Crippen LogP contribution in [0.1, 0.15) is 5.56 Å². The molecule has 0 N–H and O–H groups in total. The van der Waals surface area contributed by atoms with Crippen molar-refractivity contribution in [3.05, 3.63) is 35.9 Å². The van der Waals surface area contributed by atoms with Gasteiger partial charge in [0.25, 0.3) is 0 Å². The van der Waals surface area contributed by atoms with Crippen molar-refractivity contribution in [2.75, 3.05) is 0 Å². The summed E-state index contributed by atoms with van der Waals surface area (Å²) in [7, 11) is -16.4. The van der Waals surface area contributed by atoms with E-state index in [9.17, 15) is 21.0 Å². The third kappa shape index (κ3) is 4.87. The van der Waals surface area contributed by atoms with Gasteiger partial charge in [0.15, 0.2) is 0 Å². The zero-order valence-corrected chi connectivity index (χ0v) is 12.6. The van der Waals surface area contributed by atoms with Crippen LogP contribution in [0.2, 0.25) is 0 Å². The first-order valence-corrected chi connectivity index (χ1v) is 9.72. The first-order chi connectivity index (χ1) is 9.70. The molecule has 3 nitrogen and oxygen atoms in total. The van der Waals surface area contributed by atoms with Crippen LogP contribution < -0.4 is 0 Å². The van der Waals surface area contributed by atoms with Crippen LogP contribution >= 0.6 is 23.2 Å². The maximum atomic E-state index is 13.9. The molecule has 11 heteroatoms. The van der Waals surface area contributed by atoms with E-state index >= 15 is 0 Å². The lowest BCUT2D eigenvalue weighted by molar-refractivity contribution is 0.698. The van der Waals surface area contributed by atoms with Gasteiger partial charge in [-0.05, 0) is 24.0 Å². The SMILES string of the molecule is FP1(F)=NP(F)(F)=NP(F)(C#CC#Cc2ccccc2)=N1. The van der Waals surface area contributed by atoms with E-state index in [-0.39, 0.29) is 0 Å². The maximum Gasteiger partial charge on any atom is 0.424 e. The fourth-order valence-electron chi connectivity index (χ4n) is 1.24. The lowest BCUT2D eigenvalue weighted by Crippen LogP contribution is -1.72. The van der Waals surface area contributed by atoms with Gasteiger partial charge < -0.3 is 0 Å². The van der Waals surface area contributed by atoms with Gasteiger partial charge in [0.1, 0.15) is 0 Å². The van der Waals surface area contributed by atoms with Crippen molar-refractivity contribution in [2.24, 2.45) is 13.5 Å². The molecule has 0 radical (unpaired) electrons. The molecule has 1 aromatic rings. The fourth-order valence-corrected chi connectivity index (χ4v) is 6.51. The van der Waals surface area contributed by atoms with E-state index in [1.807, 2.05) is 10.4 Å². The summed E-state index contributed by atoms with van der Waals surface area (Å²) in [5, 5.41) is 0. The van der Waals surface area contributed by atoms with E-state index in [0.717, 1.165) is 0 Å². The van der Waals surface area contributed by atoms with Crippen LogP contribution in [-0.4, -0.2) is 0 Å². The molecule has 0 saturated carbocycles. The number of rotatable bonds is 0. The normalized spacial score (nSPS) is 24.8. The maximum absolute atomic E-state index is 13.9. The molecule has 1 aromatic carbocycles. The molecule has 2 rings (SSSR count). The summed E-state index contributed by atoms with van der Waals surface area (Å²) in [4.78, 5) is 0. The van der Waals surface area contributed by atoms with Crippen molar-refractivity contribution in [3.63, 3.8) is 0 Å². The second-order valence-corrected chi connectivity index (χ2v) is 8.80. The molecule has 0 amide bonds. The Balaban J connectivity index is 2.36. The van der Waals surface area contributed by atoms with Gasteiger partial charge in [-0.1, -0.05) is 24.1 Å². The monoisotopic (exact) mass is 355 g/mol. The van der Waals surface area contributed by atoms with Crippen LogP contribution in [0.5, 0.6) is 0 Å². The number of nitrogens with zero attached hydrogens (tertiary/aromatic N) is 3. The summed E-state index contributed by atoms with van der Waals surface area (Å²) >= 11 is 0. The average Bonchev–Trinajstić information content (AvgIpc) is 2.31. The van der Waals surface area contributed by atoms with Gasteiger partial charge in [-0.2, -0.15) is 4.20 Å². The Morgan fingerprint density at radius 1 is 0.762 bits per heavy atom. The first kappa shape index (κ1) is 16.1. The Morgan fingerprint density at radius 2 is 1.38 bits per heavy atom. The summed E-state index contributed by atoms with van der Waals surface area (Å²) in [5.41, 5.74) is 2.16. The van der Waals surface area contributed by atoms with Gasteiger partial charge in [-0.3, -0.25) is 0 Å². The molecule has 0 aliphatic carbocycles. The molecule has 1 aliphatic heterocycles. The topological polar surface area (TPSA) is 37.1 Å². The average molecular weight is 355 g/mol. The molecule has 0 fully saturated rings. The number of halogens is 5. The lowest BCUT2D eigenvalue weighted by Gasteiger charge is -2.11. The third-order valence-corrected chi connectivity index (χ3v) is 7.65. The lowest BCUT2D eigenvalue weighted by atomic mass is 10.2. The Morgan fingerprint density at radius 3 is 2.00 bits per heavy atom. The van der Waals surface area contributed by atoms with Gasteiger partial charge in [-0.15, -0.1) is 30.3 Å². The van der Waals surface area contributed by atoms with E-state index in [2.05, 4.69) is 20.9 Å². The molecule has 0 spiro atoms. The zero-order chi connectivity index (χ0) is 15.6. The van der Waals surface area contributed by atoms with Gasteiger partial charge in [0, 0.05) is 11.2 Å². The van der Waals surface area contributed by atoms with Crippen LogP contribution in [0.25, 0.3) is 0 Å².